The molecule has 3 nitrogen and oxygen atoms in total. The van der Waals surface area contributed by atoms with Gasteiger partial charge >= 0.3 is 0 Å². The molecule has 0 saturated carbocycles. The molecule has 1 aliphatic carbocycles. The van der Waals surface area contributed by atoms with E-state index < -0.39 is 0 Å². The van der Waals surface area contributed by atoms with Crippen molar-refractivity contribution < 1.29 is 4.79 Å². The minimum absolute atomic E-state index is 0.0909. The van der Waals surface area contributed by atoms with Crippen molar-refractivity contribution >= 4 is 5.91 Å². The molecule has 1 aromatic carbocycles. The second-order valence-electron chi connectivity index (χ2n) is 5.10. The van der Waals surface area contributed by atoms with E-state index in [2.05, 4.69) is 28.8 Å². The maximum Gasteiger partial charge on any atom is 0.247 e. The number of aryl methyl sites for hydroxylation is 1. The second-order valence-corrected chi connectivity index (χ2v) is 5.10. The molecule has 1 heterocycles. The predicted molar refractivity (Wildman–Crippen MR) is 71.2 cm³/mol. The summed E-state index contributed by atoms with van der Waals surface area (Å²) in [4.78, 5) is 12.1. The molecule has 1 amide bonds. The molecule has 3 rings (SSSR count). The van der Waals surface area contributed by atoms with E-state index in [0.29, 0.717) is 0 Å². The largest absolute Gasteiger partial charge is 0.346 e. The quantitative estimate of drug-likeness (QED) is 0.775. The van der Waals surface area contributed by atoms with Gasteiger partial charge in [0.15, 0.2) is 0 Å². The molecule has 0 aromatic heterocycles. The van der Waals surface area contributed by atoms with Crippen LogP contribution in [0.15, 0.2) is 35.4 Å². The number of hydrogen-bond acceptors (Lipinski definition) is 2. The van der Waals surface area contributed by atoms with Gasteiger partial charge in [0.1, 0.15) is 0 Å². The molecule has 3 heteroatoms. The average molecular weight is 242 g/mol. The number of fused-ring (bicyclic) bond motifs is 1. The van der Waals surface area contributed by atoms with Crippen LogP contribution in [0.2, 0.25) is 0 Å². The van der Waals surface area contributed by atoms with Crippen LogP contribution in [0.5, 0.6) is 0 Å². The number of nitrogens with one attached hydrogen (secondary N) is 2. The molecule has 94 valence electrons. The fourth-order valence-electron chi connectivity index (χ4n) is 2.65. The Morgan fingerprint density at radius 1 is 1.33 bits per heavy atom. The van der Waals surface area contributed by atoms with Crippen LogP contribution in [0.4, 0.5) is 0 Å². The molecule has 1 aliphatic heterocycles. The van der Waals surface area contributed by atoms with Gasteiger partial charge < -0.3 is 10.6 Å². The van der Waals surface area contributed by atoms with Crippen LogP contribution in [0.3, 0.4) is 0 Å². The third-order valence-electron chi connectivity index (χ3n) is 3.99. The zero-order chi connectivity index (χ0) is 12.5. The number of carbonyl (C=O) groups excluding carboxylic acids is 1. The summed E-state index contributed by atoms with van der Waals surface area (Å²) in [5, 5.41) is 6.33. The zero-order valence-corrected chi connectivity index (χ0v) is 10.6. The second kappa shape index (κ2) is 4.58. The van der Waals surface area contributed by atoms with E-state index in [1.54, 1.807) is 0 Å². The molecule has 0 spiro atoms. The summed E-state index contributed by atoms with van der Waals surface area (Å²) in [7, 11) is 0. The topological polar surface area (TPSA) is 41.1 Å². The molecule has 2 N–H and O–H groups in total. The number of amides is 1. The van der Waals surface area contributed by atoms with Crippen molar-refractivity contribution in [2.75, 3.05) is 13.1 Å². The van der Waals surface area contributed by atoms with Gasteiger partial charge in [0, 0.05) is 18.7 Å². The summed E-state index contributed by atoms with van der Waals surface area (Å²) < 4.78 is 0. The van der Waals surface area contributed by atoms with Crippen molar-refractivity contribution in [3.8, 4) is 0 Å². The van der Waals surface area contributed by atoms with Crippen molar-refractivity contribution in [1.29, 1.82) is 0 Å². The van der Waals surface area contributed by atoms with Gasteiger partial charge in [-0.15, -0.1) is 0 Å². The lowest BCUT2D eigenvalue weighted by molar-refractivity contribution is -0.118. The molecule has 1 saturated heterocycles. The van der Waals surface area contributed by atoms with Crippen LogP contribution in [-0.2, 0) is 11.2 Å². The highest BCUT2D eigenvalue weighted by atomic mass is 16.1. The molecule has 2 aliphatic rings. The van der Waals surface area contributed by atoms with E-state index in [0.717, 1.165) is 31.5 Å². The van der Waals surface area contributed by atoms with E-state index in [1.807, 2.05) is 13.0 Å². The standard InChI is InChI=1S/C15H18N2O/c1-10(12-8-16-9-12)15(18)17-14-7-6-11-4-2-3-5-13(11)14/h2-5,14,16H,6-9H2,1H3,(H,17,18). The van der Waals surface area contributed by atoms with Gasteiger partial charge in [-0.05, 0) is 36.5 Å². The van der Waals surface area contributed by atoms with E-state index >= 15 is 0 Å². The fourth-order valence-corrected chi connectivity index (χ4v) is 2.65. The van der Waals surface area contributed by atoms with Crippen molar-refractivity contribution in [2.45, 2.75) is 25.8 Å². The maximum atomic E-state index is 12.1. The SMILES string of the molecule is CC(C(=O)NC1CCc2ccccc21)=C1CNC1. The Bertz CT molecular complexity index is 513. The van der Waals surface area contributed by atoms with E-state index in [9.17, 15) is 4.79 Å². The first-order chi connectivity index (χ1) is 8.75. The molecular formula is C15H18N2O. The minimum Gasteiger partial charge on any atom is -0.346 e. The normalized spacial score (nSPS) is 21.2. The van der Waals surface area contributed by atoms with Crippen LogP contribution in [0.25, 0.3) is 0 Å². The average Bonchev–Trinajstić information content (AvgIpc) is 2.70. The Labute approximate surface area is 107 Å². The molecule has 1 atom stereocenters. The number of benzene rings is 1. The Balaban J connectivity index is 1.73. The third-order valence-corrected chi connectivity index (χ3v) is 3.99. The van der Waals surface area contributed by atoms with Gasteiger partial charge in [0.2, 0.25) is 5.91 Å². The summed E-state index contributed by atoms with van der Waals surface area (Å²) in [5.74, 6) is 0.0909. The smallest absolute Gasteiger partial charge is 0.247 e. The van der Waals surface area contributed by atoms with Crippen molar-refractivity contribution in [2.24, 2.45) is 0 Å². The molecular weight excluding hydrogens is 224 g/mol. The number of carbonyl (C=O) groups is 1. The van der Waals surface area contributed by atoms with Crippen LogP contribution in [0, 0.1) is 0 Å². The first-order valence-corrected chi connectivity index (χ1v) is 6.53. The summed E-state index contributed by atoms with van der Waals surface area (Å²) in [6.45, 7) is 3.65. The molecule has 0 bridgehead atoms. The van der Waals surface area contributed by atoms with Crippen LogP contribution in [-0.4, -0.2) is 19.0 Å². The lowest BCUT2D eigenvalue weighted by Gasteiger charge is -2.22. The predicted octanol–water partition coefficient (Wildman–Crippen LogP) is 1.71. The Morgan fingerprint density at radius 3 is 2.83 bits per heavy atom. The molecule has 18 heavy (non-hydrogen) atoms. The monoisotopic (exact) mass is 242 g/mol. The number of rotatable bonds is 2. The highest BCUT2D eigenvalue weighted by molar-refractivity contribution is 5.94. The Morgan fingerprint density at radius 2 is 2.11 bits per heavy atom. The third kappa shape index (κ3) is 1.95. The summed E-state index contributed by atoms with van der Waals surface area (Å²) >= 11 is 0. The van der Waals surface area contributed by atoms with E-state index in [-0.39, 0.29) is 11.9 Å². The van der Waals surface area contributed by atoms with Gasteiger partial charge in [0.25, 0.3) is 0 Å². The first kappa shape index (κ1) is 11.5. The molecule has 1 aromatic rings. The van der Waals surface area contributed by atoms with Crippen molar-refractivity contribution in [3.05, 3.63) is 46.5 Å². The zero-order valence-electron chi connectivity index (χ0n) is 10.6. The van der Waals surface area contributed by atoms with Gasteiger partial charge in [-0.25, -0.2) is 0 Å². The van der Waals surface area contributed by atoms with E-state index in [1.165, 1.54) is 16.7 Å². The Hall–Kier alpha value is -1.61. The highest BCUT2D eigenvalue weighted by Crippen LogP contribution is 2.30. The van der Waals surface area contributed by atoms with Gasteiger partial charge in [0.05, 0.1) is 6.04 Å². The fraction of sp³-hybridized carbons (Fsp3) is 0.400. The van der Waals surface area contributed by atoms with Crippen LogP contribution >= 0.6 is 0 Å². The lowest BCUT2D eigenvalue weighted by atomic mass is 10.0. The van der Waals surface area contributed by atoms with Crippen LogP contribution < -0.4 is 10.6 Å². The first-order valence-electron chi connectivity index (χ1n) is 6.53. The van der Waals surface area contributed by atoms with Gasteiger partial charge in [-0.1, -0.05) is 24.3 Å². The van der Waals surface area contributed by atoms with Gasteiger partial charge in [-0.2, -0.15) is 0 Å². The van der Waals surface area contributed by atoms with Crippen molar-refractivity contribution in [1.82, 2.24) is 10.6 Å². The minimum atomic E-state index is 0.0909. The van der Waals surface area contributed by atoms with E-state index in [4.69, 9.17) is 0 Å². The maximum absolute atomic E-state index is 12.1. The summed E-state index contributed by atoms with van der Waals surface area (Å²) in [6.07, 6.45) is 2.09. The summed E-state index contributed by atoms with van der Waals surface area (Å²) in [5.41, 5.74) is 4.78. The van der Waals surface area contributed by atoms with Crippen LogP contribution in [0.1, 0.15) is 30.5 Å². The van der Waals surface area contributed by atoms with Crippen molar-refractivity contribution in [3.63, 3.8) is 0 Å². The molecule has 1 fully saturated rings. The number of hydrogen-bond donors (Lipinski definition) is 2. The van der Waals surface area contributed by atoms with Gasteiger partial charge in [-0.3, -0.25) is 4.79 Å². The highest BCUT2D eigenvalue weighted by Gasteiger charge is 2.25. The Kier molecular flexibility index (Phi) is 2.92. The lowest BCUT2D eigenvalue weighted by Crippen LogP contribution is -2.38. The molecule has 0 radical (unpaired) electrons. The molecule has 1 unspecified atom stereocenters. The summed E-state index contributed by atoms with van der Waals surface area (Å²) in [6, 6.07) is 8.58.